The summed E-state index contributed by atoms with van der Waals surface area (Å²) in [6.45, 7) is 0. The molecule has 0 bridgehead atoms. The minimum absolute atomic E-state index is 0.811. The van der Waals surface area contributed by atoms with Crippen LogP contribution in [0.3, 0.4) is 0 Å². The van der Waals surface area contributed by atoms with E-state index in [1.807, 2.05) is 111 Å². The largest absolute Gasteiger partial charge is 0.265 e. The monoisotopic (exact) mass is 1830 g/mol. The van der Waals surface area contributed by atoms with Crippen molar-refractivity contribution in [2.75, 3.05) is 0 Å². The average molecular weight is 1830 g/mol. The second-order valence-corrected chi connectivity index (χ2v) is 35.7. The van der Waals surface area contributed by atoms with Crippen LogP contribution in [0.2, 0.25) is 0 Å². The Balaban J connectivity index is 0.000000113. The number of para-hydroxylation sites is 3. The predicted molar refractivity (Wildman–Crippen MR) is 585 cm³/mol. The lowest BCUT2D eigenvalue weighted by Gasteiger charge is -2.12. The van der Waals surface area contributed by atoms with E-state index in [0.717, 1.165) is 218 Å². The molecule has 0 aliphatic carbocycles. The summed E-state index contributed by atoms with van der Waals surface area (Å²) in [6.07, 6.45) is 11.0. The number of hydrogen-bond donors (Lipinski definition) is 0. The molecule has 0 saturated carbocycles. The van der Waals surface area contributed by atoms with Crippen LogP contribution in [0.5, 0.6) is 0 Å². The summed E-state index contributed by atoms with van der Waals surface area (Å²) in [5.41, 5.74) is 39.3. The van der Waals surface area contributed by atoms with Crippen molar-refractivity contribution in [1.82, 2.24) is 63.7 Å². The van der Waals surface area contributed by atoms with Gasteiger partial charge in [-0.1, -0.05) is 315 Å². The average Bonchev–Trinajstić information content (AvgIpc) is 1.75. The molecule has 0 amide bonds. The Morgan fingerprint density at radius 2 is 0.427 bits per heavy atom. The molecule has 27 aromatic rings. The minimum atomic E-state index is 0.811. The molecule has 13 heterocycles. The van der Waals surface area contributed by atoms with E-state index < -0.39 is 0 Å². The van der Waals surface area contributed by atoms with Gasteiger partial charge in [0.1, 0.15) is 0 Å². The van der Waals surface area contributed by atoms with Gasteiger partial charge in [-0.15, -0.1) is 0 Å². The third kappa shape index (κ3) is 17.5. The maximum absolute atomic E-state index is 5.26. The third-order valence-electron chi connectivity index (χ3n) is 26.7. The van der Waals surface area contributed by atoms with E-state index in [4.69, 9.17) is 35.2 Å². The molecule has 0 aliphatic heterocycles. The summed E-state index contributed by atoms with van der Waals surface area (Å²) >= 11 is 0. The van der Waals surface area contributed by atoms with Gasteiger partial charge in [0, 0.05) is 109 Å². The van der Waals surface area contributed by atoms with Crippen molar-refractivity contribution in [3.05, 3.63) is 516 Å². The smallest absolute Gasteiger partial charge is 0.0934 e. The summed E-state index contributed by atoms with van der Waals surface area (Å²) < 4.78 is 6.10. The Bertz CT molecular complexity index is 8770. The first-order chi connectivity index (χ1) is 70.7. The van der Waals surface area contributed by atoms with Gasteiger partial charge in [0.2, 0.25) is 0 Å². The zero-order chi connectivity index (χ0) is 94.9. The van der Waals surface area contributed by atoms with Crippen LogP contribution < -0.4 is 0 Å². The normalized spacial score (nSPS) is 11.4. The Morgan fingerprint density at radius 3 is 0.853 bits per heavy atom. The van der Waals surface area contributed by atoms with Crippen molar-refractivity contribution >= 4 is 70.8 Å². The first-order valence-electron chi connectivity index (χ1n) is 47.8. The van der Waals surface area contributed by atoms with Crippen LogP contribution in [-0.2, 0) is 0 Å². The lowest BCUT2D eigenvalue weighted by atomic mass is 9.96. The molecule has 670 valence electrons. The molecule has 0 aliphatic rings. The van der Waals surface area contributed by atoms with Crippen molar-refractivity contribution in [2.24, 2.45) is 0 Å². The summed E-state index contributed by atoms with van der Waals surface area (Å²) in [5, 5.41) is 23.5. The molecule has 14 aromatic carbocycles. The number of benzene rings is 14. The topological polar surface area (TPSA) is 142 Å². The molecule has 27 rings (SSSR count). The summed E-state index contributed by atoms with van der Waals surface area (Å²) in [7, 11) is 0. The number of nitrogens with zero attached hydrogens (tertiary/aromatic N) is 13. The van der Waals surface area contributed by atoms with Crippen molar-refractivity contribution in [3.8, 4) is 179 Å². The van der Waals surface area contributed by atoms with Gasteiger partial charge in [-0.3, -0.25) is 19.9 Å². The molecule has 13 heteroatoms. The lowest BCUT2D eigenvalue weighted by Crippen LogP contribution is -1.94. The van der Waals surface area contributed by atoms with Gasteiger partial charge in [0.25, 0.3) is 0 Å². The van der Waals surface area contributed by atoms with Crippen LogP contribution in [0.15, 0.2) is 516 Å². The molecule has 0 fully saturated rings. The molecule has 13 nitrogen and oxygen atoms in total. The number of pyridine rings is 10. The highest BCUT2D eigenvalue weighted by Crippen LogP contribution is 2.41. The SMILES string of the molecule is c1cc(-c2cc(-c3ccc(-c4ccncc4)cc3)nc(-c3ccc(-c4ccncc4)cc3)c2)cc(-c2cc3ccc4ccccc4n3n2)c1.c1cc(-c2cc(-c3ccc4ccccc4c3)cc(-c3ccc4ccccc4c3)n2)cc(-c2cc3ccc4ccccc4n3n2)c1.c1ccc(-c2ccc(-c3cc(-c4cccc(-c5cc6ccc7ccccc7n6n5)c4)cc(-c4ccc(-c5ccccn5)cc4)n3)nc2)cc1. The Morgan fingerprint density at radius 1 is 0.133 bits per heavy atom. The number of aromatic nitrogens is 13. The second-order valence-electron chi connectivity index (χ2n) is 35.7. The van der Waals surface area contributed by atoms with Gasteiger partial charge in [-0.05, 0) is 247 Å². The molecule has 13 aromatic heterocycles. The van der Waals surface area contributed by atoms with Crippen molar-refractivity contribution in [3.63, 3.8) is 0 Å². The van der Waals surface area contributed by atoms with E-state index in [-0.39, 0.29) is 0 Å². The Hall–Kier alpha value is -19.5. The zero-order valence-corrected chi connectivity index (χ0v) is 77.4. The fraction of sp³-hybridized carbons (Fsp3) is 0. The van der Waals surface area contributed by atoms with E-state index in [1.54, 1.807) is 0 Å². The van der Waals surface area contributed by atoms with Crippen LogP contribution in [0.4, 0.5) is 0 Å². The minimum Gasteiger partial charge on any atom is -0.265 e. The molecule has 0 atom stereocenters. The van der Waals surface area contributed by atoms with Gasteiger partial charge in [0.15, 0.2) is 0 Å². The van der Waals surface area contributed by atoms with Crippen LogP contribution in [0.1, 0.15) is 0 Å². The molecule has 0 spiro atoms. The van der Waals surface area contributed by atoms with E-state index in [0.29, 0.717) is 0 Å². The van der Waals surface area contributed by atoms with Crippen molar-refractivity contribution in [2.45, 2.75) is 0 Å². The summed E-state index contributed by atoms with van der Waals surface area (Å²) in [6, 6.07) is 168. The van der Waals surface area contributed by atoms with E-state index in [2.05, 4.69) is 434 Å². The van der Waals surface area contributed by atoms with Crippen LogP contribution in [-0.4, -0.2) is 63.7 Å². The number of rotatable bonds is 16. The molecular weight excluding hydrogens is 1740 g/mol. The fourth-order valence-corrected chi connectivity index (χ4v) is 19.2. The van der Waals surface area contributed by atoms with Crippen LogP contribution >= 0.6 is 0 Å². The first kappa shape index (κ1) is 85.2. The second kappa shape index (κ2) is 37.5. The number of fused-ring (bicyclic) bond motifs is 11. The summed E-state index contributed by atoms with van der Waals surface area (Å²) in [5.74, 6) is 0. The van der Waals surface area contributed by atoms with Gasteiger partial charge in [0.05, 0.1) is 95.7 Å². The highest BCUT2D eigenvalue weighted by atomic mass is 15.2. The molecular formula is C130H85N13. The van der Waals surface area contributed by atoms with Crippen molar-refractivity contribution < 1.29 is 0 Å². The molecule has 0 N–H and O–H groups in total. The highest BCUT2D eigenvalue weighted by molar-refractivity contribution is 5.94. The molecule has 0 radical (unpaired) electrons. The van der Waals surface area contributed by atoms with Crippen LogP contribution in [0.25, 0.3) is 250 Å². The zero-order valence-electron chi connectivity index (χ0n) is 77.4. The van der Waals surface area contributed by atoms with E-state index in [9.17, 15) is 0 Å². The van der Waals surface area contributed by atoms with E-state index >= 15 is 0 Å². The van der Waals surface area contributed by atoms with Crippen LogP contribution in [0, 0.1) is 0 Å². The fourth-order valence-electron chi connectivity index (χ4n) is 19.2. The van der Waals surface area contributed by atoms with Gasteiger partial charge in [-0.25, -0.2) is 28.5 Å². The van der Waals surface area contributed by atoms with E-state index in [1.165, 1.54) is 32.5 Å². The third-order valence-corrected chi connectivity index (χ3v) is 26.7. The predicted octanol–water partition coefficient (Wildman–Crippen LogP) is 32.2. The quantitative estimate of drug-likeness (QED) is 0.0917. The van der Waals surface area contributed by atoms with Gasteiger partial charge in [-0.2, -0.15) is 15.3 Å². The molecule has 143 heavy (non-hydrogen) atoms. The van der Waals surface area contributed by atoms with Gasteiger partial charge < -0.3 is 0 Å². The standard InChI is InChI=1S/2C44H29N5.C42H27N3/c1-2-7-44-36(4-1)16-17-40-29-43(48-49(40)44)38-6-3-5-37(26-38)39-27-41(34-12-8-30(9-13-34)32-18-22-45-23-19-32)47-42(28-39)35-14-10-31(11-15-35)33-20-24-46-25-21-33;1-2-9-30(10-3-1)36-21-23-40(46-29-36)43-27-37(26-41(47-43)32-18-16-31(17-19-32)39-14-6-7-24-45-39)34-12-8-13-35(25-34)42-28-38-22-20-33-11-4-5-15-44(33)49(38)48-42;1-3-11-31-22-33(18-16-28(31)8-1)37-25-39(43-40(26-37)36-19-17-29-9-2-4-12-32(29)23-36)34-13-7-14-35(24-34)41-27-38-21-20-30-10-5-6-15-42(30)45(38)44-41/h2*1-29H;1-27H. The number of hydrogen-bond acceptors (Lipinski definition) is 10. The lowest BCUT2D eigenvalue weighted by molar-refractivity contribution is 1.01. The Labute approximate surface area is 824 Å². The maximum Gasteiger partial charge on any atom is 0.0934 e. The molecule has 0 saturated heterocycles. The van der Waals surface area contributed by atoms with Crippen molar-refractivity contribution in [1.29, 1.82) is 0 Å². The maximum atomic E-state index is 5.26. The molecule has 0 unspecified atom stereocenters. The first-order valence-corrected chi connectivity index (χ1v) is 47.8. The highest BCUT2D eigenvalue weighted by Gasteiger charge is 2.20. The Kier molecular flexibility index (Phi) is 22.4. The van der Waals surface area contributed by atoms with Gasteiger partial charge >= 0.3 is 0 Å². The summed E-state index contributed by atoms with van der Waals surface area (Å²) in [4.78, 5) is 33.3.